The van der Waals surface area contributed by atoms with Crippen molar-refractivity contribution in [1.82, 2.24) is 0 Å². The molecule has 0 fully saturated rings. The summed E-state index contributed by atoms with van der Waals surface area (Å²) in [5, 5.41) is 18.9. The first-order valence-electron chi connectivity index (χ1n) is 6.73. The van der Waals surface area contributed by atoms with Crippen molar-refractivity contribution in [1.29, 1.82) is 0 Å². The van der Waals surface area contributed by atoms with Gasteiger partial charge >= 0.3 is 10.4 Å². The van der Waals surface area contributed by atoms with Crippen LogP contribution < -0.4 is 9.47 Å². The van der Waals surface area contributed by atoms with Crippen LogP contribution in [-0.4, -0.2) is 73.9 Å². The Bertz CT molecular complexity index is 744. The van der Waals surface area contributed by atoms with Crippen LogP contribution in [0.25, 0.3) is 0 Å². The van der Waals surface area contributed by atoms with E-state index >= 15 is 0 Å². The second-order valence-corrected chi connectivity index (χ2v) is 7.45. The molecule has 0 amide bonds. The van der Waals surface area contributed by atoms with Gasteiger partial charge < -0.3 is 19.7 Å². The van der Waals surface area contributed by atoms with Gasteiger partial charge in [-0.1, -0.05) is 6.07 Å². The molecule has 0 aliphatic heterocycles. The molecule has 0 radical (unpaired) electrons. The first-order valence-corrected chi connectivity index (χ1v) is 9.71. The molecule has 0 aliphatic carbocycles. The Balaban J connectivity index is 2.46. The van der Waals surface area contributed by atoms with Crippen molar-refractivity contribution in [3.8, 4) is 11.5 Å². The van der Waals surface area contributed by atoms with Crippen LogP contribution in [0.2, 0.25) is 0 Å². The van der Waals surface area contributed by atoms with Gasteiger partial charge in [0.05, 0.1) is 6.61 Å². The fraction of sp³-hybridized carbons (Fsp3) is 0.500. The van der Waals surface area contributed by atoms with Gasteiger partial charge in [0.25, 0.3) is 10.1 Å². The molecule has 0 spiro atoms. The number of hydrogen-bond donors (Lipinski definition) is 4. The largest absolute Gasteiger partial charge is 0.491 e. The van der Waals surface area contributed by atoms with Gasteiger partial charge in [0.2, 0.25) is 0 Å². The van der Waals surface area contributed by atoms with Crippen LogP contribution in [0.3, 0.4) is 0 Å². The molecule has 13 heteroatoms. The van der Waals surface area contributed by atoms with E-state index in [1.807, 2.05) is 0 Å². The molecule has 25 heavy (non-hydrogen) atoms. The maximum absolute atomic E-state index is 10.6. The predicted molar refractivity (Wildman–Crippen MR) is 83.4 cm³/mol. The second-order valence-electron chi connectivity index (χ2n) is 4.87. The lowest BCUT2D eigenvalue weighted by atomic mass is 10.3. The molecule has 0 saturated heterocycles. The Morgan fingerprint density at radius 2 is 1.40 bits per heavy atom. The summed E-state index contributed by atoms with van der Waals surface area (Å²) >= 11 is 0. The van der Waals surface area contributed by atoms with Crippen LogP contribution in [0.5, 0.6) is 11.5 Å². The molecule has 0 heterocycles. The third-order valence-corrected chi connectivity index (χ3v) is 3.74. The number of rotatable bonds is 11. The van der Waals surface area contributed by atoms with E-state index in [9.17, 15) is 27.0 Å². The highest BCUT2D eigenvalue weighted by Gasteiger charge is 2.15. The van der Waals surface area contributed by atoms with Crippen molar-refractivity contribution in [3.05, 3.63) is 24.3 Å². The average Bonchev–Trinajstić information content (AvgIpc) is 2.47. The van der Waals surface area contributed by atoms with Gasteiger partial charge in [0, 0.05) is 6.07 Å². The molecule has 0 saturated carbocycles. The number of aliphatic hydroxyl groups is 2. The zero-order valence-electron chi connectivity index (χ0n) is 12.8. The molecular formula is C12H18O11S2. The molecule has 0 bridgehead atoms. The number of ether oxygens (including phenoxy) is 2. The molecule has 0 unspecified atom stereocenters. The Hall–Kier alpha value is -1.48. The standard InChI is InChI=1S/C12H18O11S2/c13-9(7-23-25(18,19)20)5-21-11-2-1-3-12(4-11)22-6-10(14)8-24(15,16)17/h1-4,9-10,13-14H,5-8H2,(H,15,16,17)(H,18,19,20)/t9-,10+/m0/s1. The summed E-state index contributed by atoms with van der Waals surface area (Å²) in [6, 6.07) is 5.88. The van der Waals surface area contributed by atoms with Gasteiger partial charge in [0.15, 0.2) is 0 Å². The van der Waals surface area contributed by atoms with E-state index in [4.69, 9.17) is 18.6 Å². The molecule has 1 aromatic carbocycles. The Morgan fingerprint density at radius 3 is 1.88 bits per heavy atom. The SMILES string of the molecule is O=S(=O)(O)C[C@H](O)COc1cccc(OC[C@H](O)COS(=O)(=O)O)c1. The van der Waals surface area contributed by atoms with Crippen molar-refractivity contribution in [2.24, 2.45) is 0 Å². The summed E-state index contributed by atoms with van der Waals surface area (Å²) in [5.41, 5.74) is 0. The molecule has 0 aliphatic rings. The Morgan fingerprint density at radius 1 is 0.880 bits per heavy atom. The molecule has 11 nitrogen and oxygen atoms in total. The summed E-state index contributed by atoms with van der Waals surface area (Å²) in [6.07, 6.45) is -2.76. The lowest BCUT2D eigenvalue weighted by Gasteiger charge is -2.14. The van der Waals surface area contributed by atoms with Gasteiger partial charge in [0.1, 0.15) is 42.7 Å². The van der Waals surface area contributed by atoms with Crippen molar-refractivity contribution in [2.75, 3.05) is 25.6 Å². The van der Waals surface area contributed by atoms with Gasteiger partial charge in [-0.3, -0.25) is 9.11 Å². The fourth-order valence-electron chi connectivity index (χ4n) is 1.54. The van der Waals surface area contributed by atoms with E-state index in [-0.39, 0.29) is 18.1 Å². The third kappa shape index (κ3) is 10.9. The van der Waals surface area contributed by atoms with Crippen LogP contribution in [-0.2, 0) is 24.7 Å². The maximum atomic E-state index is 10.6. The zero-order valence-corrected chi connectivity index (χ0v) is 14.4. The molecule has 4 N–H and O–H groups in total. The molecule has 1 rings (SSSR count). The topological polar surface area (TPSA) is 177 Å². The zero-order chi connectivity index (χ0) is 19.1. The van der Waals surface area contributed by atoms with Crippen molar-refractivity contribution >= 4 is 20.5 Å². The quantitative estimate of drug-likeness (QED) is 0.329. The summed E-state index contributed by atoms with van der Waals surface area (Å²) in [6.45, 7) is -1.44. The molecule has 1 aromatic rings. The highest BCUT2D eigenvalue weighted by atomic mass is 32.3. The lowest BCUT2D eigenvalue weighted by molar-refractivity contribution is 0.0602. The Labute approximate surface area is 144 Å². The van der Waals surface area contributed by atoms with Crippen LogP contribution in [0.15, 0.2) is 24.3 Å². The third-order valence-electron chi connectivity index (χ3n) is 2.50. The monoisotopic (exact) mass is 402 g/mol. The highest BCUT2D eigenvalue weighted by molar-refractivity contribution is 7.85. The fourth-order valence-corrected chi connectivity index (χ4v) is 2.45. The lowest BCUT2D eigenvalue weighted by Crippen LogP contribution is -2.26. The van der Waals surface area contributed by atoms with Crippen molar-refractivity contribution < 1.29 is 49.8 Å². The van der Waals surface area contributed by atoms with Gasteiger partial charge in [-0.15, -0.1) is 0 Å². The van der Waals surface area contributed by atoms with Crippen LogP contribution in [0.1, 0.15) is 0 Å². The Kier molecular flexibility index (Phi) is 8.01. The number of aliphatic hydroxyl groups excluding tert-OH is 2. The van der Waals surface area contributed by atoms with E-state index in [2.05, 4.69) is 4.18 Å². The first-order chi connectivity index (χ1) is 11.4. The number of hydrogen-bond acceptors (Lipinski definition) is 9. The van der Waals surface area contributed by atoms with Crippen molar-refractivity contribution in [3.63, 3.8) is 0 Å². The van der Waals surface area contributed by atoms with Gasteiger partial charge in [-0.25, -0.2) is 4.18 Å². The summed E-state index contributed by atoms with van der Waals surface area (Å²) in [7, 11) is -8.98. The van der Waals surface area contributed by atoms with E-state index < -0.39 is 51.7 Å². The molecule has 0 aromatic heterocycles. The van der Waals surface area contributed by atoms with Gasteiger partial charge in [-0.05, 0) is 12.1 Å². The van der Waals surface area contributed by atoms with Crippen molar-refractivity contribution in [2.45, 2.75) is 12.2 Å². The number of benzene rings is 1. The predicted octanol–water partition coefficient (Wildman–Crippen LogP) is -1.13. The van der Waals surface area contributed by atoms with E-state index in [0.29, 0.717) is 0 Å². The smallest absolute Gasteiger partial charge is 0.397 e. The highest BCUT2D eigenvalue weighted by Crippen LogP contribution is 2.19. The first kappa shape index (κ1) is 21.6. The summed E-state index contributed by atoms with van der Waals surface area (Å²) in [5.74, 6) is -0.424. The minimum Gasteiger partial charge on any atom is -0.491 e. The second kappa shape index (κ2) is 9.28. The van der Waals surface area contributed by atoms with E-state index in [1.54, 1.807) is 0 Å². The van der Waals surface area contributed by atoms with Gasteiger partial charge in [-0.2, -0.15) is 16.8 Å². The minimum absolute atomic E-state index is 0.218. The van der Waals surface area contributed by atoms with Crippen LogP contribution in [0.4, 0.5) is 0 Å². The van der Waals surface area contributed by atoms with Crippen LogP contribution in [0, 0.1) is 0 Å². The molecule has 2 atom stereocenters. The average molecular weight is 402 g/mol. The normalized spacial score (nSPS) is 14.7. The van der Waals surface area contributed by atoms with Crippen LogP contribution >= 0.6 is 0 Å². The maximum Gasteiger partial charge on any atom is 0.397 e. The van der Waals surface area contributed by atoms with E-state index in [1.165, 1.54) is 24.3 Å². The molecule has 144 valence electrons. The van der Waals surface area contributed by atoms with E-state index in [0.717, 1.165) is 0 Å². The minimum atomic E-state index is -4.66. The molecular weight excluding hydrogens is 384 g/mol. The summed E-state index contributed by atoms with van der Waals surface area (Å²) in [4.78, 5) is 0. The summed E-state index contributed by atoms with van der Waals surface area (Å²) < 4.78 is 73.2.